The second kappa shape index (κ2) is 10.7. The third-order valence-corrected chi connectivity index (χ3v) is 6.51. The summed E-state index contributed by atoms with van der Waals surface area (Å²) < 4.78 is 37.2. The first kappa shape index (κ1) is 27.5. The number of nitrogens with two attached hydrogens (primary N) is 1. The van der Waals surface area contributed by atoms with Gasteiger partial charge in [-0.15, -0.1) is 0 Å². The monoisotopic (exact) mass is 494 g/mol. The van der Waals surface area contributed by atoms with Crippen LogP contribution in [0.5, 0.6) is 5.75 Å². The molecule has 3 rings (SSSR count). The minimum absolute atomic E-state index is 0. The van der Waals surface area contributed by atoms with E-state index in [1.165, 1.54) is 56.4 Å². The number of aryl methyl sites for hydroxylation is 1. The Balaban J connectivity index is 0.00000306. The number of carbonyl (C=O) groups excluding carboxylic acids is 1. The number of fused-ring (bicyclic) bond motifs is 1. The van der Waals surface area contributed by atoms with Crippen LogP contribution in [-0.4, -0.2) is 40.6 Å². The van der Waals surface area contributed by atoms with E-state index in [1.807, 2.05) is 6.07 Å². The fourth-order valence-electron chi connectivity index (χ4n) is 3.27. The van der Waals surface area contributed by atoms with Crippen molar-refractivity contribution in [2.24, 2.45) is 5.73 Å². The van der Waals surface area contributed by atoms with Crippen molar-refractivity contribution in [3.63, 3.8) is 0 Å². The summed E-state index contributed by atoms with van der Waals surface area (Å²) in [7, 11) is 0.564. The Bertz CT molecular complexity index is 1470. The molecule has 10 nitrogen and oxygen atoms in total. The number of nitrogens with one attached hydrogen (secondary N) is 1. The van der Waals surface area contributed by atoms with Crippen molar-refractivity contribution < 1.29 is 53.4 Å². The number of ether oxygens (including phenoxy) is 1. The molecule has 0 spiro atoms. The summed E-state index contributed by atoms with van der Waals surface area (Å²) in [6, 6.07) is 9.64. The van der Waals surface area contributed by atoms with Crippen LogP contribution in [0.25, 0.3) is 11.0 Å². The average Bonchev–Trinajstić information content (AvgIpc) is 2.78. The van der Waals surface area contributed by atoms with Crippen LogP contribution < -0.4 is 50.4 Å². The maximum atomic E-state index is 12.8. The van der Waals surface area contributed by atoms with Gasteiger partial charge >= 0.3 is 41.3 Å². The molecule has 3 N–H and O–H groups in total. The van der Waals surface area contributed by atoms with E-state index in [9.17, 15) is 23.3 Å². The predicted molar refractivity (Wildman–Crippen MR) is 121 cm³/mol. The standard InChI is InChI=1S/C22H22N4O6S.Na.H/c1-12-16-9-14(11-23)17(32-22(28)26(3)4)10-18(16)31-21(27)19(12)20(24)13-6-5-7-15(8-13)33(29,30)25-2;;/h5-10,20,25H,24H2,1-4H3;;/q;+1;-1. The molecule has 1 amide bonds. The molecule has 1 heterocycles. The molecule has 0 aliphatic rings. The molecule has 1 unspecified atom stereocenters. The third kappa shape index (κ3) is 5.33. The van der Waals surface area contributed by atoms with E-state index in [0.717, 1.165) is 0 Å². The summed E-state index contributed by atoms with van der Waals surface area (Å²) in [6.07, 6.45) is -0.694. The Morgan fingerprint density at radius 3 is 2.56 bits per heavy atom. The number of sulfonamides is 1. The van der Waals surface area contributed by atoms with Crippen molar-refractivity contribution in [1.29, 1.82) is 5.26 Å². The number of nitriles is 1. The van der Waals surface area contributed by atoms with Gasteiger partial charge in [0, 0.05) is 25.5 Å². The molecule has 12 heteroatoms. The Kier molecular flexibility index (Phi) is 8.65. The zero-order valence-corrected chi connectivity index (χ0v) is 22.2. The minimum Gasteiger partial charge on any atom is -1.00 e. The molecule has 174 valence electrons. The van der Waals surface area contributed by atoms with E-state index in [4.69, 9.17) is 14.9 Å². The molecule has 0 fully saturated rings. The summed E-state index contributed by atoms with van der Waals surface area (Å²) in [5.41, 5.74) is 6.75. The molecule has 1 atom stereocenters. The van der Waals surface area contributed by atoms with Crippen LogP contribution in [0.2, 0.25) is 0 Å². The van der Waals surface area contributed by atoms with Crippen molar-refractivity contribution in [3.8, 4) is 11.8 Å². The molecular weight excluding hydrogens is 471 g/mol. The van der Waals surface area contributed by atoms with Crippen LogP contribution in [-0.2, 0) is 10.0 Å². The van der Waals surface area contributed by atoms with Gasteiger partial charge in [0.2, 0.25) is 10.0 Å². The van der Waals surface area contributed by atoms with Gasteiger partial charge in [-0.05, 0) is 43.3 Å². The summed E-state index contributed by atoms with van der Waals surface area (Å²) in [6.45, 7) is 1.65. The van der Waals surface area contributed by atoms with Gasteiger partial charge in [0.15, 0.2) is 5.75 Å². The first-order chi connectivity index (χ1) is 15.5. The Morgan fingerprint density at radius 1 is 1.29 bits per heavy atom. The Hall–Kier alpha value is -2.72. The van der Waals surface area contributed by atoms with Crippen molar-refractivity contribution >= 4 is 27.1 Å². The van der Waals surface area contributed by atoms with Gasteiger partial charge in [-0.1, -0.05) is 12.1 Å². The summed E-state index contributed by atoms with van der Waals surface area (Å²) in [5, 5.41) is 9.96. The zero-order chi connectivity index (χ0) is 24.5. The van der Waals surface area contributed by atoms with Gasteiger partial charge in [0.25, 0.3) is 0 Å². The number of hydrogen-bond donors (Lipinski definition) is 2. The molecule has 0 saturated carbocycles. The molecule has 0 bridgehead atoms. The molecule has 34 heavy (non-hydrogen) atoms. The molecular formula is C22H23N4NaO6S. The minimum atomic E-state index is -3.71. The third-order valence-electron chi connectivity index (χ3n) is 5.10. The average molecular weight is 495 g/mol. The van der Waals surface area contributed by atoms with Crippen LogP contribution in [0.3, 0.4) is 0 Å². The number of nitrogens with zero attached hydrogens (tertiary/aromatic N) is 2. The largest absolute Gasteiger partial charge is 1.00 e. The molecule has 1 aromatic heterocycles. The fraction of sp³-hybridized carbons (Fsp3) is 0.227. The quantitative estimate of drug-likeness (QED) is 0.342. The van der Waals surface area contributed by atoms with Gasteiger partial charge in [-0.2, -0.15) is 5.26 Å². The van der Waals surface area contributed by atoms with Gasteiger partial charge in [0.05, 0.1) is 22.1 Å². The van der Waals surface area contributed by atoms with Crippen LogP contribution >= 0.6 is 0 Å². The van der Waals surface area contributed by atoms with E-state index in [0.29, 0.717) is 16.5 Å². The number of rotatable bonds is 5. The second-order valence-corrected chi connectivity index (χ2v) is 9.29. The normalized spacial score (nSPS) is 11.9. The summed E-state index contributed by atoms with van der Waals surface area (Å²) >= 11 is 0. The summed E-state index contributed by atoms with van der Waals surface area (Å²) in [5.74, 6) is -0.0479. The van der Waals surface area contributed by atoms with E-state index in [1.54, 1.807) is 13.0 Å². The predicted octanol–water partition coefficient (Wildman–Crippen LogP) is -0.894. The number of amides is 1. The SMILES string of the molecule is CNS(=O)(=O)c1cccc(C(N)c2c(C)c3cc(C#N)c(OC(=O)N(C)C)cc3oc2=O)c1.[H-].[Na+]. The van der Waals surface area contributed by atoms with E-state index in [-0.39, 0.29) is 58.3 Å². The maximum absolute atomic E-state index is 12.8. The summed E-state index contributed by atoms with van der Waals surface area (Å²) in [4.78, 5) is 25.9. The van der Waals surface area contributed by atoms with E-state index >= 15 is 0 Å². The number of benzene rings is 2. The van der Waals surface area contributed by atoms with Gasteiger partial charge < -0.3 is 21.2 Å². The smallest absolute Gasteiger partial charge is 1.00 e. The molecule has 0 aliphatic carbocycles. The van der Waals surface area contributed by atoms with Gasteiger partial charge in [-0.25, -0.2) is 22.7 Å². The molecule has 0 radical (unpaired) electrons. The zero-order valence-electron chi connectivity index (χ0n) is 20.4. The van der Waals surface area contributed by atoms with E-state index in [2.05, 4.69) is 4.72 Å². The van der Waals surface area contributed by atoms with Crippen LogP contribution in [0, 0.1) is 18.3 Å². The second-order valence-electron chi connectivity index (χ2n) is 7.40. The Morgan fingerprint density at radius 2 is 1.97 bits per heavy atom. The van der Waals surface area contributed by atoms with Crippen molar-refractivity contribution in [2.45, 2.75) is 17.9 Å². The van der Waals surface area contributed by atoms with E-state index < -0.39 is 27.8 Å². The molecule has 3 aromatic rings. The van der Waals surface area contributed by atoms with Gasteiger partial charge in [-0.3, -0.25) is 0 Å². The first-order valence-electron chi connectivity index (χ1n) is 9.69. The fourth-order valence-corrected chi connectivity index (χ4v) is 4.05. The Labute approximate surface area is 220 Å². The van der Waals surface area contributed by atoms with Crippen LogP contribution in [0.1, 0.15) is 29.7 Å². The van der Waals surface area contributed by atoms with Gasteiger partial charge in [0.1, 0.15) is 11.7 Å². The van der Waals surface area contributed by atoms with Crippen LogP contribution in [0.4, 0.5) is 4.79 Å². The molecule has 0 saturated heterocycles. The number of hydrogen-bond acceptors (Lipinski definition) is 8. The number of carbonyl (C=O) groups is 1. The molecule has 0 aliphatic heterocycles. The maximum Gasteiger partial charge on any atom is 1.00 e. The topological polar surface area (TPSA) is 156 Å². The van der Waals surface area contributed by atoms with Crippen LogP contribution in [0.15, 0.2) is 50.5 Å². The van der Waals surface area contributed by atoms with Crippen molar-refractivity contribution in [2.75, 3.05) is 21.1 Å². The van der Waals surface area contributed by atoms with Crippen molar-refractivity contribution in [1.82, 2.24) is 9.62 Å². The molecule has 2 aromatic carbocycles. The first-order valence-corrected chi connectivity index (χ1v) is 11.2. The van der Waals surface area contributed by atoms with Crippen molar-refractivity contribution in [3.05, 3.63) is 69.1 Å².